The van der Waals surface area contributed by atoms with E-state index in [4.69, 9.17) is 37.7 Å². The lowest BCUT2D eigenvalue weighted by Crippen LogP contribution is -2.55. The van der Waals surface area contributed by atoms with Crippen LogP contribution in [0.4, 0.5) is 16.2 Å². The van der Waals surface area contributed by atoms with E-state index in [2.05, 4.69) is 10.2 Å². The Bertz CT molecular complexity index is 1670. The molecule has 1 fully saturated rings. The Morgan fingerprint density at radius 1 is 0.976 bits per heavy atom. The van der Waals surface area contributed by atoms with Crippen LogP contribution in [-0.4, -0.2) is 68.0 Å². The van der Waals surface area contributed by atoms with E-state index >= 15 is 0 Å². The van der Waals surface area contributed by atoms with Crippen LogP contribution in [0.1, 0.15) is 18.8 Å². The van der Waals surface area contributed by atoms with Crippen LogP contribution < -0.4 is 30.3 Å². The highest BCUT2D eigenvalue weighted by Gasteiger charge is 2.32. The minimum Gasteiger partial charge on any atom is -0.497 e. The van der Waals surface area contributed by atoms with Gasteiger partial charge in [-0.05, 0) is 62.5 Å². The van der Waals surface area contributed by atoms with E-state index < -0.39 is 12.1 Å². The predicted octanol–water partition coefficient (Wildman–Crippen LogP) is 5.40. The van der Waals surface area contributed by atoms with E-state index in [-0.39, 0.29) is 5.56 Å². The number of nitrogens with zero attached hydrogens (tertiary/aromatic N) is 5. The quantitative estimate of drug-likeness (QED) is 0.299. The Morgan fingerprint density at radius 2 is 1.71 bits per heavy atom. The van der Waals surface area contributed by atoms with Crippen LogP contribution in [0.2, 0.25) is 10.0 Å². The number of ether oxygens (including phenoxy) is 2. The molecule has 10 nitrogen and oxygen atoms in total. The van der Waals surface area contributed by atoms with Gasteiger partial charge in [-0.2, -0.15) is 0 Å². The minimum absolute atomic E-state index is 0.236. The van der Waals surface area contributed by atoms with Crippen LogP contribution in [0.15, 0.2) is 65.5 Å². The zero-order chi connectivity index (χ0) is 30.0. The molecule has 2 heterocycles. The summed E-state index contributed by atoms with van der Waals surface area (Å²) in [5, 5.41) is 6.29. The van der Waals surface area contributed by atoms with E-state index in [0.717, 1.165) is 13.1 Å². The maximum atomic E-state index is 14.1. The Kier molecular flexibility index (Phi) is 8.77. The zero-order valence-electron chi connectivity index (χ0n) is 23.8. The van der Waals surface area contributed by atoms with Gasteiger partial charge >= 0.3 is 6.03 Å². The number of anilines is 2. The molecule has 5 rings (SSSR count). The highest BCUT2D eigenvalue weighted by molar-refractivity contribution is 6.31. The van der Waals surface area contributed by atoms with Gasteiger partial charge in [0.2, 0.25) is 0 Å². The van der Waals surface area contributed by atoms with Crippen molar-refractivity contribution in [2.24, 2.45) is 0 Å². The third kappa shape index (κ3) is 5.97. The van der Waals surface area contributed by atoms with E-state index in [1.807, 2.05) is 19.0 Å². The summed E-state index contributed by atoms with van der Waals surface area (Å²) < 4.78 is 12.7. The molecule has 1 atom stereocenters. The molecule has 3 aromatic carbocycles. The van der Waals surface area contributed by atoms with Crippen LogP contribution in [0.5, 0.6) is 11.5 Å². The van der Waals surface area contributed by atoms with Gasteiger partial charge in [0.1, 0.15) is 11.5 Å². The fourth-order valence-electron chi connectivity index (χ4n) is 5.05. The Morgan fingerprint density at radius 3 is 2.40 bits per heavy atom. The molecule has 0 spiro atoms. The zero-order valence-corrected chi connectivity index (χ0v) is 25.3. The van der Waals surface area contributed by atoms with Gasteiger partial charge in [0.05, 0.1) is 36.9 Å². The lowest BCUT2D eigenvalue weighted by atomic mass is 10.1. The molecule has 12 heteroatoms. The Balaban J connectivity index is 1.70. The van der Waals surface area contributed by atoms with E-state index in [1.165, 1.54) is 12.0 Å². The number of rotatable bonds is 7. The lowest BCUT2D eigenvalue weighted by molar-refractivity contribution is 0.253. The number of methoxy groups -OCH3 is 2. The normalized spacial score (nSPS) is 14.5. The van der Waals surface area contributed by atoms with Crippen molar-refractivity contribution < 1.29 is 14.3 Å². The van der Waals surface area contributed by atoms with Crippen molar-refractivity contribution in [3.8, 4) is 11.5 Å². The number of urea groups is 1. The molecule has 4 aromatic rings. The monoisotopic (exact) mass is 610 g/mol. The highest BCUT2D eigenvalue weighted by Crippen LogP contribution is 2.37. The molecule has 42 heavy (non-hydrogen) atoms. The standard InChI is InChI=1S/C30H32Cl2N6O4/c1-19(28-34-25-17-21(32)8-10-24(25)29(39)38(28)36-14-12-35(2)13-15-36)37(26-11-9-23(41-3)18-27(26)42-4)30(40)33-22-7-5-6-20(31)16-22/h5-11,16-19H,12-15H2,1-4H3,(H,33,40). The van der Waals surface area contributed by atoms with E-state index in [1.54, 1.807) is 72.4 Å². The number of hydrogen-bond acceptors (Lipinski definition) is 7. The third-order valence-electron chi connectivity index (χ3n) is 7.30. The van der Waals surface area contributed by atoms with Crippen molar-refractivity contribution in [3.05, 3.63) is 86.9 Å². The number of benzene rings is 3. The van der Waals surface area contributed by atoms with Crippen molar-refractivity contribution in [1.29, 1.82) is 0 Å². The summed E-state index contributed by atoms with van der Waals surface area (Å²) in [6.45, 7) is 4.58. The molecular weight excluding hydrogens is 579 g/mol. The number of carbonyl (C=O) groups excluding carboxylic acids is 1. The summed E-state index contributed by atoms with van der Waals surface area (Å²) in [6.07, 6.45) is 0. The number of nitrogens with one attached hydrogen (secondary N) is 1. The summed E-state index contributed by atoms with van der Waals surface area (Å²) in [5.41, 5.74) is 1.17. The van der Waals surface area contributed by atoms with Crippen molar-refractivity contribution in [1.82, 2.24) is 14.6 Å². The average Bonchev–Trinajstić information content (AvgIpc) is 2.97. The van der Waals surface area contributed by atoms with Gasteiger partial charge < -0.3 is 24.7 Å². The SMILES string of the molecule is COc1ccc(N(C(=O)Nc2cccc(Cl)c2)C(C)c2nc3cc(Cl)ccc3c(=O)n2N2CCN(C)CC2)c(OC)c1. The van der Waals surface area contributed by atoms with Gasteiger partial charge in [-0.15, -0.1) is 0 Å². The number of halogens is 2. The largest absolute Gasteiger partial charge is 0.497 e. The molecule has 1 unspecified atom stereocenters. The molecule has 0 saturated carbocycles. The second-order valence-corrected chi connectivity index (χ2v) is 10.9. The maximum absolute atomic E-state index is 14.1. The molecular formula is C30H32Cl2N6O4. The van der Waals surface area contributed by atoms with Gasteiger partial charge in [0.15, 0.2) is 5.82 Å². The van der Waals surface area contributed by atoms with Crippen LogP contribution in [0.25, 0.3) is 10.9 Å². The van der Waals surface area contributed by atoms with Crippen molar-refractivity contribution in [2.45, 2.75) is 13.0 Å². The third-order valence-corrected chi connectivity index (χ3v) is 7.77. The van der Waals surface area contributed by atoms with Gasteiger partial charge in [0.25, 0.3) is 5.56 Å². The smallest absolute Gasteiger partial charge is 0.327 e. The van der Waals surface area contributed by atoms with Gasteiger partial charge in [-0.1, -0.05) is 29.3 Å². The molecule has 1 aromatic heterocycles. The summed E-state index contributed by atoms with van der Waals surface area (Å²) >= 11 is 12.5. The second kappa shape index (κ2) is 12.5. The van der Waals surface area contributed by atoms with Gasteiger partial charge in [-0.25, -0.2) is 14.5 Å². The van der Waals surface area contributed by atoms with E-state index in [9.17, 15) is 9.59 Å². The number of aromatic nitrogens is 2. The number of amides is 2. The summed E-state index contributed by atoms with van der Waals surface area (Å²) in [7, 11) is 5.12. The summed E-state index contributed by atoms with van der Waals surface area (Å²) in [6, 6.07) is 15.9. The first-order chi connectivity index (χ1) is 20.2. The maximum Gasteiger partial charge on any atom is 0.327 e. The van der Waals surface area contributed by atoms with Crippen LogP contribution in [-0.2, 0) is 0 Å². The van der Waals surface area contributed by atoms with Crippen LogP contribution in [0, 0.1) is 0 Å². The lowest BCUT2D eigenvalue weighted by Gasteiger charge is -2.38. The van der Waals surface area contributed by atoms with E-state index in [0.29, 0.717) is 62.7 Å². The fraction of sp³-hybridized carbons (Fsp3) is 0.300. The number of piperazine rings is 1. The van der Waals surface area contributed by atoms with Gasteiger partial charge in [0, 0.05) is 48.0 Å². The minimum atomic E-state index is -0.748. The predicted molar refractivity (Wildman–Crippen MR) is 167 cm³/mol. The van der Waals surface area contributed by atoms with Crippen LogP contribution >= 0.6 is 23.2 Å². The van der Waals surface area contributed by atoms with Crippen LogP contribution in [0.3, 0.4) is 0 Å². The summed E-state index contributed by atoms with van der Waals surface area (Å²) in [4.78, 5) is 36.8. The number of likely N-dealkylation sites (N-methyl/N-ethyl adjacent to an activating group) is 1. The number of fused-ring (bicyclic) bond motifs is 1. The average molecular weight is 612 g/mol. The molecule has 1 aliphatic rings. The molecule has 1 saturated heterocycles. The highest BCUT2D eigenvalue weighted by atomic mass is 35.5. The second-order valence-electron chi connectivity index (χ2n) is 10.0. The molecule has 1 aliphatic heterocycles. The molecule has 220 valence electrons. The van der Waals surface area contributed by atoms with Crippen molar-refractivity contribution in [2.75, 3.05) is 62.7 Å². The first kappa shape index (κ1) is 29.5. The van der Waals surface area contributed by atoms with Gasteiger partial charge in [-0.3, -0.25) is 9.69 Å². The molecule has 0 radical (unpaired) electrons. The first-order valence-electron chi connectivity index (χ1n) is 13.4. The number of hydrogen-bond donors (Lipinski definition) is 1. The number of carbonyl (C=O) groups is 1. The van der Waals surface area contributed by atoms with Crippen molar-refractivity contribution >= 4 is 51.5 Å². The molecule has 0 bridgehead atoms. The first-order valence-corrected chi connectivity index (χ1v) is 14.2. The Labute approximate surface area is 253 Å². The molecule has 1 N–H and O–H groups in total. The topological polar surface area (TPSA) is 92.2 Å². The summed E-state index contributed by atoms with van der Waals surface area (Å²) in [5.74, 6) is 1.34. The Hall–Kier alpha value is -3.99. The molecule has 0 aliphatic carbocycles. The fourth-order valence-corrected chi connectivity index (χ4v) is 5.41. The molecule has 2 amide bonds. The van der Waals surface area contributed by atoms with Crippen molar-refractivity contribution in [3.63, 3.8) is 0 Å².